The van der Waals surface area contributed by atoms with Crippen molar-refractivity contribution < 1.29 is 0 Å². The maximum atomic E-state index is 2.27. The fraction of sp³-hybridized carbons (Fsp3) is 1.00. The summed E-state index contributed by atoms with van der Waals surface area (Å²) < 4.78 is 0. The number of hydrogen-bond donors (Lipinski definition) is 0. The van der Waals surface area contributed by atoms with Gasteiger partial charge in [0.25, 0.3) is 0 Å². The lowest BCUT2D eigenvalue weighted by atomic mass is 9.71. The van der Waals surface area contributed by atoms with Gasteiger partial charge in [-0.05, 0) is 27.6 Å². The molecular formula is C21H48. The topological polar surface area (TPSA) is 0 Å². The fourth-order valence-corrected chi connectivity index (χ4v) is 0. The van der Waals surface area contributed by atoms with Crippen LogP contribution in [0.2, 0.25) is 0 Å². The lowest BCUT2D eigenvalue weighted by Gasteiger charge is -2.34. The third-order valence-electron chi connectivity index (χ3n) is 5.04. The first-order valence-corrected chi connectivity index (χ1v) is 8.75. The van der Waals surface area contributed by atoms with Crippen LogP contribution < -0.4 is 0 Å². The van der Waals surface area contributed by atoms with Crippen molar-refractivity contribution in [1.82, 2.24) is 0 Å². The van der Waals surface area contributed by atoms with Gasteiger partial charge in [-0.2, -0.15) is 0 Å². The Morgan fingerprint density at radius 1 is 0.571 bits per heavy atom. The lowest BCUT2D eigenvalue weighted by molar-refractivity contribution is 0.157. The first-order valence-electron chi connectivity index (χ1n) is 8.75. The highest BCUT2D eigenvalue weighted by atomic mass is 14.3. The molecule has 0 aromatic carbocycles. The molecule has 0 radical (unpaired) electrons. The van der Waals surface area contributed by atoms with Crippen molar-refractivity contribution in [2.45, 2.75) is 110 Å². The van der Waals surface area contributed by atoms with Crippen molar-refractivity contribution in [3.05, 3.63) is 0 Å². The molecule has 0 heteroatoms. The molecule has 0 aromatic heterocycles. The van der Waals surface area contributed by atoms with E-state index in [1.165, 1.54) is 6.42 Å². The maximum Gasteiger partial charge on any atom is -0.0334 e. The third-order valence-corrected chi connectivity index (χ3v) is 5.04. The monoisotopic (exact) mass is 300 g/mol. The molecule has 0 aliphatic carbocycles. The highest BCUT2D eigenvalue weighted by Gasteiger charge is 2.26. The third kappa shape index (κ3) is 20.0. The van der Waals surface area contributed by atoms with Gasteiger partial charge in [0.05, 0.1) is 0 Å². The Morgan fingerprint density at radius 2 is 0.714 bits per heavy atom. The average Bonchev–Trinajstić information content (AvgIpc) is 2.13. The zero-order valence-electron chi connectivity index (χ0n) is 18.3. The van der Waals surface area contributed by atoms with Crippen molar-refractivity contribution >= 4 is 0 Å². The second-order valence-electron chi connectivity index (χ2n) is 10.9. The Hall–Kier alpha value is 0. The van der Waals surface area contributed by atoms with E-state index in [9.17, 15) is 0 Å². The summed E-state index contributed by atoms with van der Waals surface area (Å²) in [6.07, 6.45) is 1.27. The Morgan fingerprint density at radius 3 is 0.714 bits per heavy atom. The largest absolute Gasteiger partial charge is 0.0649 e. The summed E-state index contributed by atoms with van der Waals surface area (Å²) in [5.74, 6) is 0.799. The zero-order valence-corrected chi connectivity index (χ0v) is 18.3. The smallest absolute Gasteiger partial charge is 0.0334 e. The molecule has 0 saturated heterocycles. The Bertz CT molecular complexity index is 217. The van der Waals surface area contributed by atoms with Crippen molar-refractivity contribution in [1.29, 1.82) is 0 Å². The Labute approximate surface area is 138 Å². The summed E-state index contributed by atoms with van der Waals surface area (Å²) in [6.45, 7) is 33.8. The van der Waals surface area contributed by atoms with Gasteiger partial charge in [-0.1, -0.05) is 110 Å². The molecule has 0 nitrogen and oxygen atoms in total. The van der Waals surface area contributed by atoms with Crippen LogP contribution in [0.25, 0.3) is 0 Å². The lowest BCUT2D eigenvalue weighted by Crippen LogP contribution is -2.25. The van der Waals surface area contributed by atoms with Crippen LogP contribution in [0.4, 0.5) is 0 Å². The van der Waals surface area contributed by atoms with E-state index < -0.39 is 0 Å². The van der Waals surface area contributed by atoms with Crippen molar-refractivity contribution in [2.75, 3.05) is 0 Å². The fourth-order valence-electron chi connectivity index (χ4n) is 0. The molecule has 0 spiro atoms. The molecule has 0 amide bonds. The van der Waals surface area contributed by atoms with Crippen LogP contribution in [0.5, 0.6) is 0 Å². The predicted octanol–water partition coefficient (Wildman–Crippen LogP) is 8.21. The normalized spacial score (nSPS) is 13.1. The Balaban J connectivity index is -0.000000234. The molecule has 0 unspecified atom stereocenters. The molecular weight excluding hydrogens is 252 g/mol. The van der Waals surface area contributed by atoms with Gasteiger partial charge in [0.1, 0.15) is 0 Å². The van der Waals surface area contributed by atoms with Crippen LogP contribution in [0.3, 0.4) is 0 Å². The summed E-state index contributed by atoms with van der Waals surface area (Å²) >= 11 is 0. The van der Waals surface area contributed by atoms with E-state index in [-0.39, 0.29) is 0 Å². The minimum absolute atomic E-state index is 0.437. The molecule has 0 saturated carbocycles. The molecule has 0 heterocycles. The molecule has 0 rings (SSSR count). The molecule has 21 heavy (non-hydrogen) atoms. The van der Waals surface area contributed by atoms with Crippen LogP contribution in [-0.4, -0.2) is 0 Å². The van der Waals surface area contributed by atoms with E-state index in [2.05, 4.69) is 104 Å². The summed E-state index contributed by atoms with van der Waals surface area (Å²) in [7, 11) is 0. The van der Waals surface area contributed by atoms with Crippen LogP contribution >= 0.6 is 0 Å². The second kappa shape index (κ2) is 9.21. The summed E-state index contributed by atoms with van der Waals surface area (Å²) in [6, 6.07) is 0. The van der Waals surface area contributed by atoms with Gasteiger partial charge < -0.3 is 0 Å². The van der Waals surface area contributed by atoms with Gasteiger partial charge in [-0.25, -0.2) is 0 Å². The predicted molar refractivity (Wildman–Crippen MR) is 103 cm³/mol. The van der Waals surface area contributed by atoms with Crippen LogP contribution in [-0.2, 0) is 0 Å². The summed E-state index contributed by atoms with van der Waals surface area (Å²) in [5.41, 5.74) is 1.92. The van der Waals surface area contributed by atoms with Gasteiger partial charge >= 0.3 is 0 Å². The highest BCUT2D eigenvalue weighted by molar-refractivity contribution is 4.77. The summed E-state index contributed by atoms with van der Waals surface area (Å²) in [5, 5.41) is 0. The van der Waals surface area contributed by atoms with E-state index in [4.69, 9.17) is 0 Å². The van der Waals surface area contributed by atoms with Crippen LogP contribution in [0, 0.1) is 27.6 Å². The summed E-state index contributed by atoms with van der Waals surface area (Å²) in [4.78, 5) is 0. The standard InChI is InChI=1S/C8H18.C7H16.C6H14/c1-7(2,3)8(4,5)6;1-6(2)7(3,4)5;1-5-6(2,3)4/h1-6H3;6H,1-5H3;5H2,1-4H3. The van der Waals surface area contributed by atoms with Gasteiger partial charge in [0.2, 0.25) is 0 Å². The van der Waals surface area contributed by atoms with Gasteiger partial charge in [-0.3, -0.25) is 0 Å². The first kappa shape index (κ1) is 25.9. The quantitative estimate of drug-likeness (QED) is 0.423. The van der Waals surface area contributed by atoms with E-state index in [0.717, 1.165) is 5.92 Å². The van der Waals surface area contributed by atoms with Crippen LogP contribution in [0.15, 0.2) is 0 Å². The molecule has 0 bridgehead atoms. The minimum atomic E-state index is 0.437. The molecule has 0 N–H and O–H groups in total. The molecule has 0 aliphatic heterocycles. The van der Waals surface area contributed by atoms with Gasteiger partial charge in [-0.15, -0.1) is 0 Å². The van der Waals surface area contributed by atoms with Crippen molar-refractivity contribution in [3.63, 3.8) is 0 Å². The van der Waals surface area contributed by atoms with E-state index >= 15 is 0 Å². The molecule has 0 aromatic rings. The van der Waals surface area contributed by atoms with Gasteiger partial charge in [0.15, 0.2) is 0 Å². The molecule has 0 aliphatic rings. The minimum Gasteiger partial charge on any atom is -0.0649 e. The van der Waals surface area contributed by atoms with Gasteiger partial charge in [0, 0.05) is 0 Å². The highest BCUT2D eigenvalue weighted by Crippen LogP contribution is 2.36. The van der Waals surface area contributed by atoms with Crippen LogP contribution in [0.1, 0.15) is 110 Å². The van der Waals surface area contributed by atoms with Crippen molar-refractivity contribution in [2.24, 2.45) is 27.6 Å². The molecule has 132 valence electrons. The second-order valence-corrected chi connectivity index (χ2v) is 10.9. The molecule has 0 fully saturated rings. The van der Waals surface area contributed by atoms with E-state index in [1.54, 1.807) is 0 Å². The zero-order chi connectivity index (χ0) is 18.3. The van der Waals surface area contributed by atoms with Crippen molar-refractivity contribution in [3.8, 4) is 0 Å². The first-order chi connectivity index (χ1) is 8.75. The van der Waals surface area contributed by atoms with E-state index in [0.29, 0.717) is 21.7 Å². The maximum absolute atomic E-state index is 2.27. The van der Waals surface area contributed by atoms with E-state index in [1.807, 2.05) is 0 Å². The average molecular weight is 301 g/mol. The number of rotatable bonds is 0. The molecule has 0 atom stereocenters. The Kier molecular flexibility index (Phi) is 11.4. The number of hydrogen-bond acceptors (Lipinski definition) is 0. The SMILES string of the molecule is CC(C)(C)C(C)(C)C.CC(C)C(C)(C)C.CCC(C)(C)C.